The van der Waals surface area contributed by atoms with E-state index in [2.05, 4.69) is 0 Å². The monoisotopic (exact) mass is 262 g/mol. The average molecular weight is 262 g/mol. The number of aromatic carboxylic acids is 1. The van der Waals surface area contributed by atoms with Crippen LogP contribution in [0.5, 0.6) is 0 Å². The first-order valence-electron chi connectivity index (χ1n) is 5.33. The van der Waals surface area contributed by atoms with Gasteiger partial charge in [-0.2, -0.15) is 13.2 Å². The molecule has 6 heteroatoms. The highest BCUT2D eigenvalue weighted by molar-refractivity contribution is 5.88. The van der Waals surface area contributed by atoms with Gasteiger partial charge < -0.3 is 5.11 Å². The molecule has 1 aromatic carbocycles. The van der Waals surface area contributed by atoms with Gasteiger partial charge in [0.15, 0.2) is 0 Å². The van der Waals surface area contributed by atoms with Crippen LogP contribution in [0.3, 0.4) is 0 Å². The predicted molar refractivity (Wildman–Crippen MR) is 55.2 cm³/mol. The number of halogens is 4. The molecular formula is C12H10F4O2. The average Bonchev–Trinajstić information content (AvgIpc) is 2.94. The molecule has 0 heterocycles. The molecule has 0 unspecified atom stereocenters. The Balaban J connectivity index is 2.39. The van der Waals surface area contributed by atoms with Gasteiger partial charge in [0, 0.05) is 6.42 Å². The lowest BCUT2D eigenvalue weighted by atomic mass is 10.0. The zero-order valence-corrected chi connectivity index (χ0v) is 9.22. The van der Waals surface area contributed by atoms with E-state index in [0.717, 1.165) is 12.1 Å². The van der Waals surface area contributed by atoms with Gasteiger partial charge in [0.05, 0.1) is 11.1 Å². The number of benzene rings is 1. The van der Waals surface area contributed by atoms with Gasteiger partial charge in [-0.3, -0.25) is 0 Å². The lowest BCUT2D eigenvalue weighted by Crippen LogP contribution is -2.11. The first-order chi connectivity index (χ1) is 8.20. The van der Waals surface area contributed by atoms with Gasteiger partial charge in [0.2, 0.25) is 0 Å². The second-order valence-electron chi connectivity index (χ2n) is 4.55. The number of alkyl halides is 4. The molecule has 98 valence electrons. The Morgan fingerprint density at radius 2 is 1.89 bits per heavy atom. The van der Waals surface area contributed by atoms with Crippen molar-refractivity contribution < 1.29 is 27.5 Å². The normalized spacial score (nSPS) is 17.6. The van der Waals surface area contributed by atoms with E-state index in [1.807, 2.05) is 0 Å². The van der Waals surface area contributed by atoms with Crippen LogP contribution < -0.4 is 0 Å². The standard InChI is InChI=1S/C12H10F4O2/c13-11(1-2-11)6-7-3-8(10(17)18)5-9(4-7)12(14,15)16/h3-5H,1-2,6H2,(H,17,18). The van der Waals surface area contributed by atoms with Gasteiger partial charge in [-0.1, -0.05) is 0 Å². The molecule has 2 rings (SSSR count). The van der Waals surface area contributed by atoms with Gasteiger partial charge >= 0.3 is 12.1 Å². The van der Waals surface area contributed by atoms with E-state index < -0.39 is 28.9 Å². The summed E-state index contributed by atoms with van der Waals surface area (Å²) < 4.78 is 51.2. The van der Waals surface area contributed by atoms with Crippen molar-refractivity contribution in [3.05, 3.63) is 34.9 Å². The molecule has 18 heavy (non-hydrogen) atoms. The molecule has 1 aliphatic carbocycles. The van der Waals surface area contributed by atoms with Crippen LogP contribution in [0.15, 0.2) is 18.2 Å². The first-order valence-corrected chi connectivity index (χ1v) is 5.33. The minimum absolute atomic E-state index is 0.0715. The molecule has 0 amide bonds. The van der Waals surface area contributed by atoms with Crippen LogP contribution in [-0.2, 0) is 12.6 Å². The topological polar surface area (TPSA) is 37.3 Å². The van der Waals surface area contributed by atoms with Crippen molar-refractivity contribution in [3.8, 4) is 0 Å². The van der Waals surface area contributed by atoms with Crippen molar-refractivity contribution >= 4 is 5.97 Å². The highest BCUT2D eigenvalue weighted by Crippen LogP contribution is 2.43. The fourth-order valence-electron chi connectivity index (χ4n) is 1.76. The van der Waals surface area contributed by atoms with Crippen LogP contribution >= 0.6 is 0 Å². The highest BCUT2D eigenvalue weighted by atomic mass is 19.4. The summed E-state index contributed by atoms with van der Waals surface area (Å²) in [7, 11) is 0. The molecule has 0 radical (unpaired) electrons. The van der Waals surface area contributed by atoms with Gasteiger partial charge in [-0.05, 0) is 36.6 Å². The zero-order chi connectivity index (χ0) is 13.6. The Morgan fingerprint density at radius 3 is 2.33 bits per heavy atom. The van der Waals surface area contributed by atoms with Gasteiger partial charge in [0.25, 0.3) is 0 Å². The summed E-state index contributed by atoms with van der Waals surface area (Å²) in [5.41, 5.74) is -2.91. The maximum atomic E-state index is 13.5. The highest BCUT2D eigenvalue weighted by Gasteiger charge is 2.43. The van der Waals surface area contributed by atoms with Crippen molar-refractivity contribution in [1.29, 1.82) is 0 Å². The van der Waals surface area contributed by atoms with Crippen molar-refractivity contribution in [2.24, 2.45) is 0 Å². The number of carboxylic acids is 1. The van der Waals surface area contributed by atoms with E-state index in [4.69, 9.17) is 5.11 Å². The quantitative estimate of drug-likeness (QED) is 0.847. The van der Waals surface area contributed by atoms with E-state index >= 15 is 0 Å². The fraction of sp³-hybridized carbons (Fsp3) is 0.417. The molecule has 1 N–H and O–H groups in total. The summed E-state index contributed by atoms with van der Waals surface area (Å²) in [5, 5.41) is 8.75. The molecule has 0 saturated heterocycles. The van der Waals surface area contributed by atoms with Gasteiger partial charge in [0.1, 0.15) is 5.67 Å². The van der Waals surface area contributed by atoms with Crippen molar-refractivity contribution in [2.75, 3.05) is 0 Å². The van der Waals surface area contributed by atoms with Crippen LogP contribution in [-0.4, -0.2) is 16.7 Å². The molecule has 0 spiro atoms. The molecule has 1 aromatic rings. The predicted octanol–water partition coefficient (Wildman–Crippen LogP) is 3.45. The van der Waals surface area contributed by atoms with Crippen LogP contribution in [0.4, 0.5) is 17.6 Å². The SMILES string of the molecule is O=C(O)c1cc(CC2(F)CC2)cc(C(F)(F)F)c1. The smallest absolute Gasteiger partial charge is 0.416 e. The van der Waals surface area contributed by atoms with Crippen LogP contribution in [0.2, 0.25) is 0 Å². The molecule has 1 fully saturated rings. The lowest BCUT2D eigenvalue weighted by molar-refractivity contribution is -0.137. The maximum Gasteiger partial charge on any atom is 0.416 e. The Labute approximate surface area is 100 Å². The summed E-state index contributed by atoms with van der Waals surface area (Å²) in [6, 6.07) is 2.47. The van der Waals surface area contributed by atoms with Gasteiger partial charge in [-0.25, -0.2) is 9.18 Å². The zero-order valence-electron chi connectivity index (χ0n) is 9.22. The third-order valence-electron chi connectivity index (χ3n) is 2.88. The molecular weight excluding hydrogens is 252 g/mol. The molecule has 1 aliphatic rings. The summed E-state index contributed by atoms with van der Waals surface area (Å²) in [6.45, 7) is 0. The minimum atomic E-state index is -4.63. The summed E-state index contributed by atoms with van der Waals surface area (Å²) >= 11 is 0. The maximum absolute atomic E-state index is 13.5. The third-order valence-corrected chi connectivity index (χ3v) is 2.88. The third kappa shape index (κ3) is 2.80. The number of carboxylic acid groups (broad SMARTS) is 1. The summed E-state index contributed by atoms with van der Waals surface area (Å²) in [4.78, 5) is 10.8. The lowest BCUT2D eigenvalue weighted by Gasteiger charge is -2.12. The molecule has 0 bridgehead atoms. The van der Waals surface area contributed by atoms with Crippen molar-refractivity contribution in [3.63, 3.8) is 0 Å². The van der Waals surface area contributed by atoms with Gasteiger partial charge in [-0.15, -0.1) is 0 Å². The minimum Gasteiger partial charge on any atom is -0.478 e. The van der Waals surface area contributed by atoms with Crippen molar-refractivity contribution in [1.82, 2.24) is 0 Å². The Morgan fingerprint density at radius 1 is 1.28 bits per heavy atom. The van der Waals surface area contributed by atoms with E-state index in [9.17, 15) is 22.4 Å². The molecule has 0 aliphatic heterocycles. The largest absolute Gasteiger partial charge is 0.478 e. The number of rotatable bonds is 3. The summed E-state index contributed by atoms with van der Waals surface area (Å²) in [6.07, 6.45) is -4.18. The number of hydrogen-bond acceptors (Lipinski definition) is 1. The first kappa shape index (κ1) is 12.9. The number of hydrogen-bond donors (Lipinski definition) is 1. The van der Waals surface area contributed by atoms with E-state index in [1.54, 1.807) is 0 Å². The van der Waals surface area contributed by atoms with Crippen LogP contribution in [0, 0.1) is 0 Å². The second kappa shape index (κ2) is 3.96. The molecule has 0 atom stereocenters. The summed E-state index contributed by atoms with van der Waals surface area (Å²) in [5.74, 6) is -1.45. The fourth-order valence-corrected chi connectivity index (χ4v) is 1.76. The number of carbonyl (C=O) groups is 1. The Bertz CT molecular complexity index is 489. The Kier molecular flexibility index (Phi) is 2.83. The Hall–Kier alpha value is -1.59. The molecule has 1 saturated carbocycles. The molecule has 2 nitrogen and oxygen atoms in total. The molecule has 0 aromatic heterocycles. The van der Waals surface area contributed by atoms with E-state index in [0.29, 0.717) is 18.9 Å². The van der Waals surface area contributed by atoms with Crippen molar-refractivity contribution in [2.45, 2.75) is 31.1 Å². The van der Waals surface area contributed by atoms with E-state index in [-0.39, 0.29) is 12.0 Å². The van der Waals surface area contributed by atoms with E-state index in [1.165, 1.54) is 0 Å². The van der Waals surface area contributed by atoms with Crippen LogP contribution in [0.25, 0.3) is 0 Å². The second-order valence-corrected chi connectivity index (χ2v) is 4.55. The van der Waals surface area contributed by atoms with Crippen LogP contribution in [0.1, 0.15) is 34.3 Å².